The zero-order valence-electron chi connectivity index (χ0n) is 11.4. The van der Waals surface area contributed by atoms with Gasteiger partial charge in [-0.1, -0.05) is 29.8 Å². The first-order chi connectivity index (χ1) is 10.4. The number of nitrogens with one attached hydrogen (secondary N) is 1. The van der Waals surface area contributed by atoms with Crippen LogP contribution in [0.5, 0.6) is 0 Å². The van der Waals surface area contributed by atoms with Crippen LogP contribution in [0.1, 0.15) is 16.8 Å². The Hall–Kier alpha value is -1.11. The van der Waals surface area contributed by atoms with Crippen LogP contribution in [0.15, 0.2) is 41.0 Å². The van der Waals surface area contributed by atoms with Crippen molar-refractivity contribution in [1.29, 1.82) is 0 Å². The quantitative estimate of drug-likeness (QED) is 0.735. The molecule has 0 radical (unpaired) electrons. The average Bonchev–Trinajstić information content (AvgIpc) is 2.45. The smallest absolute Gasteiger partial charge is 0.312 e. The average molecular weight is 394 g/mol. The lowest BCUT2D eigenvalue weighted by Crippen LogP contribution is -2.20. The zero-order chi connectivity index (χ0) is 16.2. The number of aromatic nitrogens is 1. The Morgan fingerprint density at radius 2 is 1.95 bits per heavy atom. The molecule has 1 N–H and O–H groups in total. The van der Waals surface area contributed by atoms with Crippen molar-refractivity contribution in [3.63, 3.8) is 0 Å². The molecule has 0 aliphatic rings. The highest BCUT2D eigenvalue weighted by molar-refractivity contribution is 9.10. The van der Waals surface area contributed by atoms with Crippen LogP contribution in [-0.4, -0.2) is 11.5 Å². The summed E-state index contributed by atoms with van der Waals surface area (Å²) < 4.78 is 39.3. The van der Waals surface area contributed by atoms with E-state index in [1.807, 2.05) is 0 Å². The van der Waals surface area contributed by atoms with E-state index in [1.54, 1.807) is 18.3 Å². The van der Waals surface area contributed by atoms with Crippen LogP contribution in [0.3, 0.4) is 0 Å². The third-order valence-corrected chi connectivity index (χ3v) is 3.82. The van der Waals surface area contributed by atoms with Gasteiger partial charge in [0.05, 0.1) is 16.3 Å². The normalized spacial score (nSPS) is 11.7. The van der Waals surface area contributed by atoms with Gasteiger partial charge in [-0.15, -0.1) is 0 Å². The summed E-state index contributed by atoms with van der Waals surface area (Å²) in [4.78, 5) is 4.18. The monoisotopic (exact) mass is 392 g/mol. The van der Waals surface area contributed by atoms with Crippen molar-refractivity contribution in [2.75, 3.05) is 6.54 Å². The van der Waals surface area contributed by atoms with Crippen molar-refractivity contribution >= 4 is 27.5 Å². The van der Waals surface area contributed by atoms with E-state index in [1.165, 1.54) is 12.1 Å². The summed E-state index contributed by atoms with van der Waals surface area (Å²) >= 11 is 9.31. The van der Waals surface area contributed by atoms with E-state index in [9.17, 15) is 13.2 Å². The van der Waals surface area contributed by atoms with Crippen molar-refractivity contribution in [2.24, 2.45) is 0 Å². The highest BCUT2D eigenvalue weighted by Gasteiger charge is 2.32. The van der Waals surface area contributed by atoms with Crippen LogP contribution in [0.2, 0.25) is 5.02 Å². The van der Waals surface area contributed by atoms with Crippen LogP contribution in [0.4, 0.5) is 13.2 Å². The van der Waals surface area contributed by atoms with Gasteiger partial charge in [0.25, 0.3) is 0 Å². The summed E-state index contributed by atoms with van der Waals surface area (Å²) in [5, 5.41) is 3.53. The lowest BCUT2D eigenvalue weighted by molar-refractivity contribution is -0.138. The Kier molecular flexibility index (Phi) is 5.83. The molecule has 0 atom stereocenters. The van der Waals surface area contributed by atoms with Crippen molar-refractivity contribution in [3.05, 3.63) is 62.8 Å². The predicted molar refractivity (Wildman–Crippen MR) is 83.8 cm³/mol. The maximum Gasteiger partial charge on any atom is 0.416 e. The molecular weight excluding hydrogens is 381 g/mol. The van der Waals surface area contributed by atoms with Crippen molar-refractivity contribution in [2.45, 2.75) is 19.1 Å². The largest absolute Gasteiger partial charge is 0.416 e. The summed E-state index contributed by atoms with van der Waals surface area (Å²) in [6.45, 7) is 0.629. The van der Waals surface area contributed by atoms with E-state index in [2.05, 4.69) is 26.2 Å². The SMILES string of the molecule is FC(F)(F)c1ccccc1CNCCc1ncc(Br)cc1Cl. The predicted octanol–water partition coefficient (Wildman–Crippen LogP) is 4.85. The van der Waals surface area contributed by atoms with Gasteiger partial charge in [0.15, 0.2) is 0 Å². The highest BCUT2D eigenvalue weighted by Crippen LogP contribution is 2.31. The number of pyridine rings is 1. The third kappa shape index (κ3) is 4.69. The molecule has 0 saturated heterocycles. The standard InChI is InChI=1S/C15H13BrClF3N2/c16-11-7-13(17)14(22-9-11)5-6-21-8-10-3-1-2-4-12(10)15(18,19)20/h1-4,7,9,21H,5-6,8H2. The first kappa shape index (κ1) is 17.2. The Balaban J connectivity index is 1.92. The van der Waals surface area contributed by atoms with Crippen LogP contribution in [-0.2, 0) is 19.1 Å². The number of halogens is 5. The van der Waals surface area contributed by atoms with Gasteiger partial charge in [0, 0.05) is 30.2 Å². The Bertz CT molecular complexity index is 647. The minimum absolute atomic E-state index is 0.143. The van der Waals surface area contributed by atoms with Crippen LogP contribution in [0.25, 0.3) is 0 Å². The minimum Gasteiger partial charge on any atom is -0.312 e. The van der Waals surface area contributed by atoms with E-state index in [-0.39, 0.29) is 12.1 Å². The Labute approximate surface area is 139 Å². The molecule has 22 heavy (non-hydrogen) atoms. The van der Waals surface area contributed by atoms with E-state index in [4.69, 9.17) is 11.6 Å². The fourth-order valence-electron chi connectivity index (χ4n) is 2.01. The third-order valence-electron chi connectivity index (χ3n) is 3.06. The summed E-state index contributed by atoms with van der Waals surface area (Å²) in [5.74, 6) is 0. The molecule has 0 aliphatic heterocycles. The number of hydrogen-bond donors (Lipinski definition) is 1. The second-order valence-electron chi connectivity index (χ2n) is 4.66. The first-order valence-corrected chi connectivity index (χ1v) is 7.71. The number of rotatable bonds is 5. The molecule has 1 aromatic carbocycles. The van der Waals surface area contributed by atoms with Crippen LogP contribution < -0.4 is 5.32 Å². The second-order valence-corrected chi connectivity index (χ2v) is 5.99. The maximum absolute atomic E-state index is 12.9. The summed E-state index contributed by atoms with van der Waals surface area (Å²) in [6.07, 6.45) is -2.16. The molecule has 2 nitrogen and oxygen atoms in total. The van der Waals surface area contributed by atoms with Crippen LogP contribution >= 0.6 is 27.5 Å². The van der Waals surface area contributed by atoms with E-state index in [0.29, 0.717) is 23.7 Å². The van der Waals surface area contributed by atoms with E-state index >= 15 is 0 Å². The van der Waals surface area contributed by atoms with Crippen LogP contribution in [0, 0.1) is 0 Å². The molecule has 0 aliphatic carbocycles. The van der Waals surface area contributed by atoms with Crippen molar-refractivity contribution in [3.8, 4) is 0 Å². The molecule has 118 valence electrons. The summed E-state index contributed by atoms with van der Waals surface area (Å²) in [7, 11) is 0. The fourth-order valence-corrected chi connectivity index (χ4v) is 2.73. The van der Waals surface area contributed by atoms with Gasteiger partial charge in [-0.2, -0.15) is 13.2 Å². The van der Waals surface area contributed by atoms with Gasteiger partial charge < -0.3 is 5.32 Å². The first-order valence-electron chi connectivity index (χ1n) is 6.53. The second kappa shape index (κ2) is 7.44. The number of nitrogens with zero attached hydrogens (tertiary/aromatic N) is 1. The number of alkyl halides is 3. The molecule has 2 aromatic rings. The molecule has 0 spiro atoms. The Morgan fingerprint density at radius 1 is 1.23 bits per heavy atom. The molecule has 1 heterocycles. The summed E-state index contributed by atoms with van der Waals surface area (Å²) in [6, 6.07) is 7.28. The molecule has 0 saturated carbocycles. The summed E-state index contributed by atoms with van der Waals surface area (Å²) in [5.41, 5.74) is 0.327. The van der Waals surface area contributed by atoms with E-state index < -0.39 is 11.7 Å². The maximum atomic E-state index is 12.9. The van der Waals surface area contributed by atoms with Gasteiger partial charge in [-0.25, -0.2) is 0 Å². The van der Waals surface area contributed by atoms with E-state index in [0.717, 1.165) is 10.5 Å². The van der Waals surface area contributed by atoms with Gasteiger partial charge in [0.2, 0.25) is 0 Å². The fraction of sp³-hybridized carbons (Fsp3) is 0.267. The Morgan fingerprint density at radius 3 is 2.64 bits per heavy atom. The number of hydrogen-bond acceptors (Lipinski definition) is 2. The van der Waals surface area contributed by atoms with Gasteiger partial charge in [0.1, 0.15) is 0 Å². The molecule has 2 rings (SSSR count). The lowest BCUT2D eigenvalue weighted by atomic mass is 10.1. The molecule has 0 unspecified atom stereocenters. The number of benzene rings is 1. The zero-order valence-corrected chi connectivity index (χ0v) is 13.8. The highest BCUT2D eigenvalue weighted by atomic mass is 79.9. The van der Waals surface area contributed by atoms with Gasteiger partial charge >= 0.3 is 6.18 Å². The minimum atomic E-state index is -4.34. The topological polar surface area (TPSA) is 24.9 Å². The molecule has 0 bridgehead atoms. The van der Waals surface area contributed by atoms with Crippen molar-refractivity contribution < 1.29 is 13.2 Å². The molecular formula is C15H13BrClF3N2. The molecule has 0 amide bonds. The molecule has 1 aromatic heterocycles. The van der Waals surface area contributed by atoms with Gasteiger partial charge in [-0.05, 0) is 33.6 Å². The molecule has 7 heteroatoms. The van der Waals surface area contributed by atoms with Crippen molar-refractivity contribution in [1.82, 2.24) is 10.3 Å². The molecule has 0 fully saturated rings. The van der Waals surface area contributed by atoms with Gasteiger partial charge in [-0.3, -0.25) is 4.98 Å². The lowest BCUT2D eigenvalue weighted by Gasteiger charge is -2.13.